The zero-order valence-electron chi connectivity index (χ0n) is 5.79. The van der Waals surface area contributed by atoms with Crippen LogP contribution in [0.5, 0.6) is 0 Å². The summed E-state index contributed by atoms with van der Waals surface area (Å²) in [6, 6.07) is 0. The van der Waals surface area contributed by atoms with Crippen LogP contribution in [0.1, 0.15) is 20.3 Å². The quantitative estimate of drug-likeness (QED) is 0.631. The first-order chi connectivity index (χ1) is 3.95. The molecule has 0 fully saturated rings. The van der Waals surface area contributed by atoms with Gasteiger partial charge in [-0.15, -0.1) is 0 Å². The van der Waals surface area contributed by atoms with Crippen LogP contribution in [0.4, 0.5) is 0 Å². The third-order valence-corrected chi connectivity index (χ3v) is 2.25. The maximum Gasteiger partial charge on any atom is 0.209 e. The molecule has 0 saturated carbocycles. The molecule has 0 aromatic rings. The van der Waals surface area contributed by atoms with Gasteiger partial charge < -0.3 is 0 Å². The molecule has 0 saturated heterocycles. The Balaban J connectivity index is 3.75. The minimum absolute atomic E-state index is 0.101. The van der Waals surface area contributed by atoms with E-state index in [0.29, 0.717) is 0 Å². The zero-order chi connectivity index (χ0) is 7.49. The van der Waals surface area contributed by atoms with Crippen molar-refractivity contribution in [1.82, 2.24) is 0 Å². The third-order valence-electron chi connectivity index (χ3n) is 1.21. The number of nitrogens with two attached hydrogens (primary N) is 1. The van der Waals surface area contributed by atoms with Gasteiger partial charge in [0.2, 0.25) is 10.0 Å². The van der Waals surface area contributed by atoms with Crippen molar-refractivity contribution in [3.05, 3.63) is 0 Å². The molecule has 9 heavy (non-hydrogen) atoms. The summed E-state index contributed by atoms with van der Waals surface area (Å²) in [5.41, 5.74) is 0. The summed E-state index contributed by atoms with van der Waals surface area (Å²) < 4.78 is 20.8. The first kappa shape index (κ1) is 8.91. The lowest BCUT2D eigenvalue weighted by atomic mass is 10.2. The van der Waals surface area contributed by atoms with Gasteiger partial charge in [0.15, 0.2) is 0 Å². The average molecular weight is 151 g/mol. The molecular weight excluding hydrogens is 138 g/mol. The summed E-state index contributed by atoms with van der Waals surface area (Å²) in [6.07, 6.45) is 0.858. The van der Waals surface area contributed by atoms with Gasteiger partial charge in [0.25, 0.3) is 0 Å². The zero-order valence-corrected chi connectivity index (χ0v) is 6.61. The second kappa shape index (κ2) is 3.17. The van der Waals surface area contributed by atoms with E-state index in [0.717, 1.165) is 6.42 Å². The normalized spacial score (nSPS) is 15.4. The summed E-state index contributed by atoms with van der Waals surface area (Å²) in [4.78, 5) is 0. The first-order valence-corrected chi connectivity index (χ1v) is 4.67. The minimum atomic E-state index is -3.24. The molecule has 0 aromatic carbocycles. The molecule has 0 heterocycles. The topological polar surface area (TPSA) is 60.2 Å². The molecule has 0 aliphatic carbocycles. The fourth-order valence-corrected chi connectivity index (χ4v) is 1.54. The Labute approximate surface area is 56.3 Å². The fourth-order valence-electron chi connectivity index (χ4n) is 0.514. The van der Waals surface area contributed by atoms with Crippen molar-refractivity contribution >= 4 is 10.0 Å². The molecule has 0 unspecified atom stereocenters. The first-order valence-electron chi connectivity index (χ1n) is 2.96. The van der Waals surface area contributed by atoms with Gasteiger partial charge in [-0.2, -0.15) is 0 Å². The predicted molar refractivity (Wildman–Crippen MR) is 37.4 cm³/mol. The van der Waals surface area contributed by atoms with Crippen LogP contribution in [-0.2, 0) is 10.0 Å². The van der Waals surface area contributed by atoms with E-state index in [4.69, 9.17) is 5.14 Å². The summed E-state index contributed by atoms with van der Waals surface area (Å²) in [5, 5.41) is 4.78. The highest BCUT2D eigenvalue weighted by molar-refractivity contribution is 7.89. The van der Waals surface area contributed by atoms with Crippen molar-refractivity contribution in [3.63, 3.8) is 0 Å². The molecule has 3 nitrogen and oxygen atoms in total. The lowest BCUT2D eigenvalue weighted by Gasteiger charge is -2.03. The van der Waals surface area contributed by atoms with Gasteiger partial charge in [0.1, 0.15) is 0 Å². The maximum atomic E-state index is 10.4. The van der Waals surface area contributed by atoms with Crippen LogP contribution in [0.3, 0.4) is 0 Å². The Kier molecular flexibility index (Phi) is 3.14. The number of primary sulfonamides is 1. The maximum absolute atomic E-state index is 10.4. The van der Waals surface area contributed by atoms with Crippen molar-refractivity contribution in [2.45, 2.75) is 20.3 Å². The smallest absolute Gasteiger partial charge is 0.209 e. The monoisotopic (exact) mass is 151 g/mol. The molecule has 4 heteroatoms. The summed E-state index contributed by atoms with van der Waals surface area (Å²) in [6.45, 7) is 3.81. The predicted octanol–water partition coefficient (Wildman–Crippen LogP) is 0.321. The van der Waals surface area contributed by atoms with E-state index in [1.807, 2.05) is 13.8 Å². The van der Waals surface area contributed by atoms with E-state index in [-0.39, 0.29) is 11.7 Å². The van der Waals surface area contributed by atoms with Crippen LogP contribution in [0.25, 0.3) is 0 Å². The molecule has 0 aliphatic heterocycles. The largest absolute Gasteiger partial charge is 0.229 e. The van der Waals surface area contributed by atoms with Gasteiger partial charge in [-0.3, -0.25) is 0 Å². The second-order valence-electron chi connectivity index (χ2n) is 2.34. The highest BCUT2D eigenvalue weighted by atomic mass is 32.2. The Morgan fingerprint density at radius 1 is 1.56 bits per heavy atom. The van der Waals surface area contributed by atoms with Crippen LogP contribution < -0.4 is 5.14 Å². The lowest BCUT2D eigenvalue weighted by molar-refractivity contribution is 0.565. The SMILES string of the molecule is CC[C@H](C)CS(N)(=O)=O. The molecule has 0 radical (unpaired) electrons. The van der Waals surface area contributed by atoms with E-state index < -0.39 is 10.0 Å². The van der Waals surface area contributed by atoms with E-state index in [2.05, 4.69) is 0 Å². The van der Waals surface area contributed by atoms with Crippen LogP contribution in [0.2, 0.25) is 0 Å². The number of rotatable bonds is 3. The third kappa shape index (κ3) is 5.79. The molecule has 0 amide bonds. The lowest BCUT2D eigenvalue weighted by Crippen LogP contribution is -2.20. The molecule has 56 valence electrons. The van der Waals surface area contributed by atoms with Crippen LogP contribution in [-0.4, -0.2) is 14.2 Å². The second-order valence-corrected chi connectivity index (χ2v) is 4.00. The van der Waals surface area contributed by atoms with Gasteiger partial charge in [0, 0.05) is 0 Å². The fraction of sp³-hybridized carbons (Fsp3) is 1.00. The molecule has 1 atom stereocenters. The van der Waals surface area contributed by atoms with Crippen molar-refractivity contribution < 1.29 is 8.42 Å². The molecular formula is C5H13NO2S. The van der Waals surface area contributed by atoms with Crippen molar-refractivity contribution in [1.29, 1.82) is 0 Å². The van der Waals surface area contributed by atoms with Crippen LogP contribution in [0, 0.1) is 5.92 Å². The van der Waals surface area contributed by atoms with Gasteiger partial charge in [-0.1, -0.05) is 20.3 Å². The Morgan fingerprint density at radius 3 is 2.11 bits per heavy atom. The molecule has 0 bridgehead atoms. The molecule has 0 aromatic heterocycles. The van der Waals surface area contributed by atoms with Crippen LogP contribution >= 0.6 is 0 Å². The molecule has 0 rings (SSSR count). The Bertz CT molecular complexity index is 162. The highest BCUT2D eigenvalue weighted by Crippen LogP contribution is 2.01. The van der Waals surface area contributed by atoms with Gasteiger partial charge in [-0.05, 0) is 5.92 Å². The number of hydrogen-bond donors (Lipinski definition) is 1. The number of sulfonamides is 1. The molecule has 0 aliphatic rings. The van der Waals surface area contributed by atoms with E-state index in [1.54, 1.807) is 0 Å². The van der Waals surface area contributed by atoms with Gasteiger partial charge in [-0.25, -0.2) is 13.6 Å². The molecule has 2 N–H and O–H groups in total. The minimum Gasteiger partial charge on any atom is -0.229 e. The summed E-state index contributed by atoms with van der Waals surface area (Å²) >= 11 is 0. The van der Waals surface area contributed by atoms with Crippen molar-refractivity contribution in [2.75, 3.05) is 5.75 Å². The van der Waals surface area contributed by atoms with Gasteiger partial charge >= 0.3 is 0 Å². The standard InChI is InChI=1S/C5H13NO2S/c1-3-5(2)4-9(6,7)8/h5H,3-4H2,1-2H3,(H2,6,7,8)/t5-/m0/s1. The van der Waals surface area contributed by atoms with E-state index in [1.165, 1.54) is 0 Å². The summed E-state index contributed by atoms with van der Waals surface area (Å²) in [5.74, 6) is 0.281. The molecule has 0 spiro atoms. The summed E-state index contributed by atoms with van der Waals surface area (Å²) in [7, 11) is -3.24. The van der Waals surface area contributed by atoms with Gasteiger partial charge in [0.05, 0.1) is 5.75 Å². The van der Waals surface area contributed by atoms with E-state index in [9.17, 15) is 8.42 Å². The highest BCUT2D eigenvalue weighted by Gasteiger charge is 2.07. The average Bonchev–Trinajstić information content (AvgIpc) is 1.62. The van der Waals surface area contributed by atoms with Crippen molar-refractivity contribution in [2.24, 2.45) is 11.1 Å². The number of hydrogen-bond acceptors (Lipinski definition) is 2. The van der Waals surface area contributed by atoms with E-state index >= 15 is 0 Å². The van der Waals surface area contributed by atoms with Crippen LogP contribution in [0.15, 0.2) is 0 Å². The Hall–Kier alpha value is -0.0900. The Morgan fingerprint density at radius 2 is 2.00 bits per heavy atom. The van der Waals surface area contributed by atoms with Crippen molar-refractivity contribution in [3.8, 4) is 0 Å².